The summed E-state index contributed by atoms with van der Waals surface area (Å²) in [6, 6.07) is 8.65. The van der Waals surface area contributed by atoms with Crippen LogP contribution in [0, 0.1) is 0 Å². The summed E-state index contributed by atoms with van der Waals surface area (Å²) >= 11 is 0. The molecule has 3 rings (SSSR count). The Labute approximate surface area is 336 Å². The van der Waals surface area contributed by atoms with Gasteiger partial charge in [0.1, 0.15) is 30.2 Å². The van der Waals surface area contributed by atoms with Crippen LogP contribution in [0.2, 0.25) is 0 Å². The van der Waals surface area contributed by atoms with Crippen molar-refractivity contribution in [1.82, 2.24) is 36.8 Å². The van der Waals surface area contributed by atoms with E-state index in [1.165, 1.54) is 24.3 Å². The maximum atomic E-state index is 13.1. The molecule has 1 aliphatic heterocycles. The van der Waals surface area contributed by atoms with Gasteiger partial charge in [-0.05, 0) is 68.4 Å². The lowest BCUT2D eigenvalue weighted by atomic mass is 9.92. The highest BCUT2D eigenvalue weighted by Gasteiger charge is 2.36. The molecule has 58 heavy (non-hydrogen) atoms. The number of hydrogen-bond acceptors (Lipinski definition) is 11. The summed E-state index contributed by atoms with van der Waals surface area (Å²) in [5.41, 5.74) is 8.54. The number of carbonyl (C=O) groups excluding carboxylic acids is 8. The zero-order valence-electron chi connectivity index (χ0n) is 32.8. The van der Waals surface area contributed by atoms with E-state index in [1.54, 1.807) is 24.3 Å². The van der Waals surface area contributed by atoms with Gasteiger partial charge in [-0.2, -0.15) is 0 Å². The Balaban J connectivity index is 1.48. The number of benzene rings is 2. The predicted octanol–water partition coefficient (Wildman–Crippen LogP) is -2.61. The predicted molar refractivity (Wildman–Crippen MR) is 211 cm³/mol. The highest BCUT2D eigenvalue weighted by molar-refractivity contribution is 6.41. The lowest BCUT2D eigenvalue weighted by molar-refractivity contribution is -0.140. The van der Waals surface area contributed by atoms with E-state index in [1.807, 2.05) is 12.1 Å². The smallest absolute Gasteiger partial charge is 0.426 e. The van der Waals surface area contributed by atoms with Crippen LogP contribution in [-0.4, -0.2) is 131 Å². The number of nitrogens with zero attached hydrogens (tertiary/aromatic N) is 1. The quantitative estimate of drug-likeness (QED) is 0.0583. The van der Waals surface area contributed by atoms with Gasteiger partial charge < -0.3 is 57.7 Å². The molecule has 314 valence electrons. The van der Waals surface area contributed by atoms with Gasteiger partial charge in [0.15, 0.2) is 0 Å². The summed E-state index contributed by atoms with van der Waals surface area (Å²) in [7, 11) is -1.88. The van der Waals surface area contributed by atoms with Crippen molar-refractivity contribution in [2.75, 3.05) is 26.1 Å². The number of carbonyl (C=O) groups is 8. The first-order chi connectivity index (χ1) is 27.5. The third-order valence-electron chi connectivity index (χ3n) is 9.35. The van der Waals surface area contributed by atoms with Crippen LogP contribution in [0.15, 0.2) is 48.5 Å². The number of aliphatic hydroxyl groups excluding tert-OH is 1. The molecular weight excluding hydrogens is 755 g/mol. The number of nitrogens with one attached hydrogen (secondary N) is 6. The molecule has 1 fully saturated rings. The molecule has 2 aromatic carbocycles. The molecule has 2 aromatic rings. The summed E-state index contributed by atoms with van der Waals surface area (Å²) in [6.07, 6.45) is 2.72. The summed E-state index contributed by atoms with van der Waals surface area (Å²) < 4.78 is 0. The second-order valence-electron chi connectivity index (χ2n) is 14.0. The fraction of sp³-hybridized carbons (Fsp3) is 0.474. The maximum Gasteiger partial charge on any atom is 0.472 e. The molecule has 1 aliphatic rings. The van der Waals surface area contributed by atoms with Gasteiger partial charge in [0.05, 0.1) is 26.0 Å². The molecule has 5 atom stereocenters. The molecule has 8 amide bonds. The number of amides is 8. The SMILES string of the molecule is CCCCc1ccc(-c2ccc(C(=O)N[C@H](CO)C(=O)N[C@H](C)C(=O)NCC(=O)N3CCCC3C(=O)N[C@@H](C)C(=O)N[C@@H](CC(N)=O)C(=O)NCB(O)O)cc2)cc1. The van der Waals surface area contributed by atoms with E-state index in [9.17, 15) is 43.5 Å². The van der Waals surface area contributed by atoms with Gasteiger partial charge in [-0.1, -0.05) is 49.7 Å². The van der Waals surface area contributed by atoms with E-state index in [0.717, 1.165) is 30.4 Å². The van der Waals surface area contributed by atoms with Gasteiger partial charge in [0.25, 0.3) is 5.91 Å². The van der Waals surface area contributed by atoms with Crippen molar-refractivity contribution in [3.8, 4) is 11.1 Å². The number of likely N-dealkylation sites (tertiary alicyclic amines) is 1. The van der Waals surface area contributed by atoms with Crippen LogP contribution in [0.1, 0.15) is 68.8 Å². The monoisotopic (exact) mass is 808 g/mol. The molecule has 0 aromatic heterocycles. The molecule has 1 unspecified atom stereocenters. The fourth-order valence-electron chi connectivity index (χ4n) is 6.03. The summed E-state index contributed by atoms with van der Waals surface area (Å²) in [4.78, 5) is 103. The van der Waals surface area contributed by atoms with E-state index in [-0.39, 0.29) is 18.5 Å². The van der Waals surface area contributed by atoms with E-state index < -0.39 is 111 Å². The fourth-order valence-corrected chi connectivity index (χ4v) is 6.03. The van der Waals surface area contributed by atoms with Crippen molar-refractivity contribution in [3.63, 3.8) is 0 Å². The first-order valence-electron chi connectivity index (χ1n) is 19.1. The minimum absolute atomic E-state index is 0.171. The van der Waals surface area contributed by atoms with Gasteiger partial charge >= 0.3 is 7.12 Å². The van der Waals surface area contributed by atoms with Crippen LogP contribution in [0.25, 0.3) is 11.1 Å². The summed E-state index contributed by atoms with van der Waals surface area (Å²) in [5, 5.41) is 41.9. The van der Waals surface area contributed by atoms with Gasteiger partial charge in [-0.25, -0.2) is 0 Å². The third kappa shape index (κ3) is 14.3. The molecule has 19 nitrogen and oxygen atoms in total. The Kier molecular flexibility index (Phi) is 18.3. The third-order valence-corrected chi connectivity index (χ3v) is 9.35. The lowest BCUT2D eigenvalue weighted by Crippen LogP contribution is -2.57. The molecule has 11 N–H and O–H groups in total. The lowest BCUT2D eigenvalue weighted by Gasteiger charge is -2.26. The average Bonchev–Trinajstić information content (AvgIpc) is 3.70. The van der Waals surface area contributed by atoms with Crippen LogP contribution in [0.3, 0.4) is 0 Å². The molecule has 0 aliphatic carbocycles. The van der Waals surface area contributed by atoms with Gasteiger partial charge in [-0.3, -0.25) is 38.4 Å². The number of unbranched alkanes of at least 4 members (excludes halogenated alkanes) is 1. The van der Waals surface area contributed by atoms with Crippen LogP contribution < -0.4 is 37.6 Å². The number of primary amides is 1. The van der Waals surface area contributed by atoms with Gasteiger partial charge in [0.2, 0.25) is 41.4 Å². The second-order valence-corrected chi connectivity index (χ2v) is 14.0. The van der Waals surface area contributed by atoms with Crippen LogP contribution in [0.4, 0.5) is 0 Å². The van der Waals surface area contributed by atoms with E-state index in [4.69, 9.17) is 15.8 Å². The maximum absolute atomic E-state index is 13.1. The Morgan fingerprint density at radius 2 is 1.41 bits per heavy atom. The molecule has 0 bridgehead atoms. The van der Waals surface area contributed by atoms with Crippen molar-refractivity contribution in [2.45, 2.75) is 89.5 Å². The van der Waals surface area contributed by atoms with Crippen LogP contribution in [0.5, 0.6) is 0 Å². The van der Waals surface area contributed by atoms with Crippen molar-refractivity contribution in [3.05, 3.63) is 59.7 Å². The van der Waals surface area contributed by atoms with Crippen molar-refractivity contribution >= 4 is 54.4 Å². The minimum Gasteiger partial charge on any atom is -0.426 e. The van der Waals surface area contributed by atoms with Gasteiger partial charge in [-0.15, -0.1) is 0 Å². The second kappa shape index (κ2) is 22.8. The van der Waals surface area contributed by atoms with Crippen LogP contribution >= 0.6 is 0 Å². The van der Waals surface area contributed by atoms with E-state index in [0.29, 0.717) is 6.42 Å². The Morgan fingerprint density at radius 3 is 2.00 bits per heavy atom. The van der Waals surface area contributed by atoms with E-state index >= 15 is 0 Å². The number of hydrogen-bond donors (Lipinski definition) is 10. The summed E-state index contributed by atoms with van der Waals surface area (Å²) in [6.45, 7) is 3.66. The topological polar surface area (TPSA) is 299 Å². The number of aliphatic hydroxyl groups is 1. The highest BCUT2D eigenvalue weighted by atomic mass is 16.4. The Hall–Kier alpha value is -5.86. The molecule has 0 spiro atoms. The zero-order valence-corrected chi connectivity index (χ0v) is 32.8. The molecule has 0 saturated carbocycles. The van der Waals surface area contributed by atoms with Gasteiger partial charge in [0, 0.05) is 12.1 Å². The Bertz CT molecular complexity index is 1780. The van der Waals surface area contributed by atoms with Crippen LogP contribution in [-0.2, 0) is 40.0 Å². The molecular formula is C38H53BN8O11. The van der Waals surface area contributed by atoms with Crippen molar-refractivity contribution < 1.29 is 53.5 Å². The minimum atomic E-state index is -1.88. The standard InChI is InChI=1S/C38H53BN8O11/c1-4-5-7-24-9-11-25(12-10-24)26-13-15-27(16-14-26)35(53)46-29(20-48)37(55)43-22(2)33(51)41-19-32(50)47-17-6-8-30(47)38(56)44-23(3)34(52)45-28(18-31(40)49)36(54)42-21-39(57)58/h9-16,22-23,28-30,48,57-58H,4-8,17-21H2,1-3H3,(H2,40,49)(H,41,51)(H,42,54)(H,43,55)(H,44,56)(H,45,52)(H,46,53)/t22-,23+,28+,29-,30?/m1/s1. The first-order valence-corrected chi connectivity index (χ1v) is 19.1. The van der Waals surface area contributed by atoms with E-state index in [2.05, 4.69) is 51.0 Å². The van der Waals surface area contributed by atoms with Crippen molar-refractivity contribution in [2.24, 2.45) is 5.73 Å². The number of rotatable bonds is 21. The number of aryl methyl sites for hydroxylation is 1. The molecule has 1 saturated heterocycles. The average molecular weight is 809 g/mol. The largest absolute Gasteiger partial charge is 0.472 e. The molecule has 0 radical (unpaired) electrons. The normalized spacial score (nSPS) is 15.5. The molecule has 1 heterocycles. The summed E-state index contributed by atoms with van der Waals surface area (Å²) in [5.74, 6) is -6.25. The first kappa shape index (κ1) is 46.5. The number of nitrogens with two attached hydrogens (primary N) is 1. The molecule has 20 heteroatoms. The Morgan fingerprint density at radius 1 is 0.793 bits per heavy atom. The highest BCUT2D eigenvalue weighted by Crippen LogP contribution is 2.21. The zero-order chi connectivity index (χ0) is 42.9. The van der Waals surface area contributed by atoms with Crippen molar-refractivity contribution in [1.29, 1.82) is 0 Å².